The molecule has 0 aliphatic carbocycles. The van der Waals surface area contributed by atoms with Crippen molar-refractivity contribution in [2.45, 2.75) is 6.92 Å². The third-order valence-electron chi connectivity index (χ3n) is 4.46. The Balaban J connectivity index is 2.15. The quantitative estimate of drug-likeness (QED) is 0.618. The largest absolute Gasteiger partial charge is 0.505 e. The Kier molecular flexibility index (Phi) is 5.20. The summed E-state index contributed by atoms with van der Waals surface area (Å²) in [7, 11) is -3.84. The lowest BCUT2D eigenvalue weighted by Gasteiger charge is -2.09. The van der Waals surface area contributed by atoms with Crippen molar-refractivity contribution in [2.24, 2.45) is 4.99 Å². The molecule has 1 aromatic heterocycles. The van der Waals surface area contributed by atoms with Crippen molar-refractivity contribution in [3.8, 4) is 5.75 Å². The van der Waals surface area contributed by atoms with Gasteiger partial charge < -0.3 is 5.11 Å². The first kappa shape index (κ1) is 21.2. The number of hydrogen-bond donors (Lipinski definition) is 1. The van der Waals surface area contributed by atoms with E-state index in [1.807, 2.05) is 0 Å². The van der Waals surface area contributed by atoms with E-state index in [2.05, 4.69) is 15.0 Å². The number of aromatic hydroxyl groups is 1. The van der Waals surface area contributed by atoms with Gasteiger partial charge in [-0.25, -0.2) is 27.8 Å². The minimum atomic E-state index is -3.84. The number of aromatic nitrogens is 3. The molecule has 0 bridgehead atoms. The third-order valence-corrected chi connectivity index (χ3v) is 6.17. The van der Waals surface area contributed by atoms with Crippen LogP contribution in [0.15, 0.2) is 52.3 Å². The molecule has 0 spiro atoms. The molecule has 0 unspecified atom stereocenters. The van der Waals surface area contributed by atoms with Gasteiger partial charge in [-0.15, -0.1) is 0 Å². The Morgan fingerprint density at radius 2 is 1.68 bits per heavy atom. The molecular formula is C20H14Cl2N4O4S. The summed E-state index contributed by atoms with van der Waals surface area (Å²) in [5.41, 5.74) is 0.175. The molecule has 11 heteroatoms. The van der Waals surface area contributed by atoms with E-state index in [1.165, 1.54) is 19.1 Å². The number of nitrogens with zero attached hydrogens (tertiary/aromatic N) is 4. The van der Waals surface area contributed by atoms with Gasteiger partial charge in [0.1, 0.15) is 10.7 Å². The lowest BCUT2D eigenvalue weighted by molar-refractivity contribution is 0.476. The van der Waals surface area contributed by atoms with Crippen molar-refractivity contribution in [1.82, 2.24) is 14.5 Å². The SMILES string of the molecule is Cc1nc2n(c(=O)n1)C(=Nc1cc(Cl)c(O)c(Cl)c1)C(c1ccccc1)=C2S(C)(=O)=O. The average molecular weight is 477 g/mol. The van der Waals surface area contributed by atoms with Gasteiger partial charge in [-0.1, -0.05) is 53.5 Å². The van der Waals surface area contributed by atoms with Gasteiger partial charge in [-0.05, 0) is 24.6 Å². The molecule has 2 aromatic carbocycles. The molecule has 0 radical (unpaired) electrons. The van der Waals surface area contributed by atoms with E-state index in [0.717, 1.165) is 10.8 Å². The van der Waals surface area contributed by atoms with Crippen molar-refractivity contribution < 1.29 is 13.5 Å². The summed E-state index contributed by atoms with van der Waals surface area (Å²) in [6, 6.07) is 11.3. The maximum atomic E-state index is 12.8. The van der Waals surface area contributed by atoms with E-state index in [1.54, 1.807) is 30.3 Å². The number of phenols is 1. The monoisotopic (exact) mass is 476 g/mol. The fourth-order valence-corrected chi connectivity index (χ4v) is 4.76. The number of rotatable bonds is 3. The second kappa shape index (κ2) is 7.60. The molecule has 158 valence electrons. The molecule has 1 aliphatic heterocycles. The second-order valence-corrected chi connectivity index (χ2v) is 9.52. The zero-order chi connectivity index (χ0) is 22.5. The van der Waals surface area contributed by atoms with Crippen LogP contribution in [0.2, 0.25) is 10.0 Å². The molecule has 4 rings (SSSR count). The average Bonchev–Trinajstić information content (AvgIpc) is 3.01. The van der Waals surface area contributed by atoms with E-state index < -0.39 is 15.5 Å². The summed E-state index contributed by atoms with van der Waals surface area (Å²) in [6.45, 7) is 1.50. The molecule has 3 aromatic rings. The maximum Gasteiger partial charge on any atom is 0.356 e. The van der Waals surface area contributed by atoms with Crippen molar-refractivity contribution in [3.05, 3.63) is 80.2 Å². The molecule has 1 aliphatic rings. The predicted octanol–water partition coefficient (Wildman–Crippen LogP) is 3.46. The van der Waals surface area contributed by atoms with E-state index in [4.69, 9.17) is 23.2 Å². The molecule has 2 heterocycles. The van der Waals surface area contributed by atoms with Crippen molar-refractivity contribution in [3.63, 3.8) is 0 Å². The highest BCUT2D eigenvalue weighted by atomic mass is 35.5. The molecule has 0 saturated heterocycles. The summed E-state index contributed by atoms with van der Waals surface area (Å²) < 4.78 is 26.6. The third kappa shape index (κ3) is 3.76. The first-order valence-corrected chi connectivity index (χ1v) is 11.5. The highest BCUT2D eigenvalue weighted by Gasteiger charge is 2.37. The number of halogens is 2. The van der Waals surface area contributed by atoms with Crippen LogP contribution in [0.4, 0.5) is 5.69 Å². The van der Waals surface area contributed by atoms with Crippen LogP contribution >= 0.6 is 23.2 Å². The van der Waals surface area contributed by atoms with Gasteiger partial charge in [0, 0.05) is 11.8 Å². The summed E-state index contributed by atoms with van der Waals surface area (Å²) in [4.78, 5) is 25.2. The topological polar surface area (TPSA) is 115 Å². The number of aryl methyl sites for hydroxylation is 1. The van der Waals surface area contributed by atoms with Crippen LogP contribution in [0.5, 0.6) is 5.75 Å². The number of allylic oxidation sites excluding steroid dienone is 1. The van der Waals surface area contributed by atoms with Gasteiger partial charge in [0.2, 0.25) is 0 Å². The zero-order valence-corrected chi connectivity index (χ0v) is 18.5. The Morgan fingerprint density at radius 3 is 2.26 bits per heavy atom. The number of hydrogen-bond acceptors (Lipinski definition) is 7. The van der Waals surface area contributed by atoms with Gasteiger partial charge in [-0.2, -0.15) is 4.98 Å². The highest BCUT2D eigenvalue weighted by Crippen LogP contribution is 2.39. The molecule has 31 heavy (non-hydrogen) atoms. The Morgan fingerprint density at radius 1 is 1.06 bits per heavy atom. The summed E-state index contributed by atoms with van der Waals surface area (Å²) in [5.74, 6) is -0.259. The van der Waals surface area contributed by atoms with Crippen molar-refractivity contribution >= 4 is 55.0 Å². The number of sulfone groups is 1. The van der Waals surface area contributed by atoms with Crippen LogP contribution < -0.4 is 5.69 Å². The van der Waals surface area contributed by atoms with Gasteiger partial charge in [0.25, 0.3) is 0 Å². The fraction of sp³-hybridized carbons (Fsp3) is 0.100. The second-order valence-electron chi connectivity index (χ2n) is 6.75. The fourth-order valence-electron chi connectivity index (χ4n) is 3.24. The van der Waals surface area contributed by atoms with E-state index >= 15 is 0 Å². The minimum absolute atomic E-state index is 0.00412. The van der Waals surface area contributed by atoms with E-state index in [0.29, 0.717) is 5.56 Å². The van der Waals surface area contributed by atoms with Crippen LogP contribution in [-0.2, 0) is 9.84 Å². The van der Waals surface area contributed by atoms with Crippen LogP contribution in [-0.4, -0.2) is 40.2 Å². The molecule has 0 fully saturated rings. The van der Waals surface area contributed by atoms with Gasteiger partial charge in [0.05, 0.1) is 15.7 Å². The van der Waals surface area contributed by atoms with Gasteiger partial charge in [0.15, 0.2) is 27.2 Å². The van der Waals surface area contributed by atoms with Crippen LogP contribution in [0.1, 0.15) is 17.2 Å². The zero-order valence-electron chi connectivity index (χ0n) is 16.2. The van der Waals surface area contributed by atoms with Gasteiger partial charge >= 0.3 is 5.69 Å². The van der Waals surface area contributed by atoms with Gasteiger partial charge in [-0.3, -0.25) is 0 Å². The Bertz CT molecular complexity index is 1440. The summed E-state index contributed by atoms with van der Waals surface area (Å²) in [5, 5.41) is 9.73. The standard InChI is InChI=1S/C20H14Cl2N4O4S/c1-10-23-19-17(31(2,29)30)15(11-6-4-3-5-7-11)18(26(19)20(28)24-10)25-12-8-13(21)16(27)14(22)9-12/h3-9,27H,1-2H3. The smallest absolute Gasteiger partial charge is 0.356 e. The summed E-state index contributed by atoms with van der Waals surface area (Å²) >= 11 is 12.0. The number of phenolic OH excluding ortho intramolecular Hbond substituents is 1. The molecule has 0 saturated carbocycles. The van der Waals surface area contributed by atoms with Crippen LogP contribution in [0.25, 0.3) is 10.5 Å². The van der Waals surface area contributed by atoms with Crippen LogP contribution in [0, 0.1) is 6.92 Å². The molecule has 0 atom stereocenters. The molecule has 8 nitrogen and oxygen atoms in total. The van der Waals surface area contributed by atoms with E-state index in [9.17, 15) is 18.3 Å². The number of fused-ring (bicyclic) bond motifs is 1. The Labute approximate surface area is 187 Å². The lowest BCUT2D eigenvalue weighted by atomic mass is 10.1. The van der Waals surface area contributed by atoms with E-state index in [-0.39, 0.29) is 49.4 Å². The van der Waals surface area contributed by atoms with Crippen molar-refractivity contribution in [1.29, 1.82) is 0 Å². The number of aliphatic imine (C=N–C) groups is 1. The highest BCUT2D eigenvalue weighted by molar-refractivity contribution is 8.00. The first-order valence-electron chi connectivity index (χ1n) is 8.83. The molecular weight excluding hydrogens is 463 g/mol. The predicted molar refractivity (Wildman–Crippen MR) is 120 cm³/mol. The number of benzene rings is 2. The molecule has 1 N–H and O–H groups in total. The molecule has 0 amide bonds. The first-order chi connectivity index (χ1) is 14.6. The normalized spacial score (nSPS) is 14.9. The Hall–Kier alpha value is -3.01. The van der Waals surface area contributed by atoms with Crippen molar-refractivity contribution in [2.75, 3.05) is 6.26 Å². The van der Waals surface area contributed by atoms with Crippen LogP contribution in [0.3, 0.4) is 0 Å². The maximum absolute atomic E-state index is 12.8. The summed E-state index contributed by atoms with van der Waals surface area (Å²) in [6.07, 6.45) is 1.04. The lowest BCUT2D eigenvalue weighted by Crippen LogP contribution is -2.30. The minimum Gasteiger partial charge on any atom is -0.505 e.